The van der Waals surface area contributed by atoms with Crippen LogP contribution in [-0.2, 0) is 0 Å². The summed E-state index contributed by atoms with van der Waals surface area (Å²) in [5, 5.41) is 0. The Bertz CT molecular complexity index is 302. The second-order valence-corrected chi connectivity index (χ2v) is 3.92. The number of hydrogen-bond donors (Lipinski definition) is 1. The lowest BCUT2D eigenvalue weighted by Gasteiger charge is -2.41. The zero-order chi connectivity index (χ0) is 9.26. The van der Waals surface area contributed by atoms with Gasteiger partial charge in [0.05, 0.1) is 4.47 Å². The highest BCUT2D eigenvalue weighted by atomic mass is 79.9. The summed E-state index contributed by atoms with van der Waals surface area (Å²) in [6.07, 6.45) is 4.48. The third-order valence-electron chi connectivity index (χ3n) is 2.34. The average Bonchev–Trinajstić information content (AvgIpc) is 2.08. The van der Waals surface area contributed by atoms with E-state index in [4.69, 9.17) is 5.73 Å². The van der Waals surface area contributed by atoms with E-state index >= 15 is 0 Å². The van der Waals surface area contributed by atoms with Crippen molar-refractivity contribution >= 4 is 21.7 Å². The van der Waals surface area contributed by atoms with E-state index in [0.29, 0.717) is 12.6 Å². The predicted molar refractivity (Wildman–Crippen MR) is 54.5 cm³/mol. The van der Waals surface area contributed by atoms with Crippen LogP contribution in [-0.4, -0.2) is 29.1 Å². The van der Waals surface area contributed by atoms with Crippen LogP contribution in [0.2, 0.25) is 0 Å². The molecule has 0 saturated carbocycles. The molecular weight excluding hydrogens is 232 g/mol. The molecule has 0 aliphatic carbocycles. The van der Waals surface area contributed by atoms with Gasteiger partial charge in [0.25, 0.3) is 0 Å². The number of halogens is 1. The maximum Gasteiger partial charge on any atom is 0.146 e. The Balaban J connectivity index is 2.21. The molecule has 70 valence electrons. The molecule has 2 N–H and O–H groups in total. The zero-order valence-electron chi connectivity index (χ0n) is 7.15. The molecule has 1 aromatic rings. The van der Waals surface area contributed by atoms with Gasteiger partial charge in [-0.1, -0.05) is 0 Å². The summed E-state index contributed by atoms with van der Waals surface area (Å²) in [6, 6.07) is 0.450. The Hall–Kier alpha value is -0.680. The molecule has 2 heterocycles. The highest BCUT2D eigenvalue weighted by molar-refractivity contribution is 9.10. The number of rotatable bonds is 2. The minimum Gasteiger partial charge on any atom is -0.351 e. The Morgan fingerprint density at radius 1 is 1.69 bits per heavy atom. The predicted octanol–water partition coefficient (Wildman–Crippen LogP) is 0.776. The van der Waals surface area contributed by atoms with Crippen molar-refractivity contribution in [3.8, 4) is 0 Å². The molecule has 1 unspecified atom stereocenters. The second kappa shape index (κ2) is 3.59. The van der Waals surface area contributed by atoms with Crippen molar-refractivity contribution in [2.75, 3.05) is 18.0 Å². The van der Waals surface area contributed by atoms with Gasteiger partial charge in [0.15, 0.2) is 0 Å². The van der Waals surface area contributed by atoms with Gasteiger partial charge in [0.2, 0.25) is 0 Å². The van der Waals surface area contributed by atoms with E-state index in [1.165, 1.54) is 0 Å². The van der Waals surface area contributed by atoms with Crippen LogP contribution in [0.1, 0.15) is 6.42 Å². The molecule has 1 aliphatic rings. The molecule has 0 spiro atoms. The number of anilines is 1. The topological polar surface area (TPSA) is 55.0 Å². The van der Waals surface area contributed by atoms with E-state index < -0.39 is 0 Å². The van der Waals surface area contributed by atoms with Crippen molar-refractivity contribution < 1.29 is 0 Å². The summed E-state index contributed by atoms with van der Waals surface area (Å²) in [7, 11) is 0. The summed E-state index contributed by atoms with van der Waals surface area (Å²) in [4.78, 5) is 10.3. The second-order valence-electron chi connectivity index (χ2n) is 3.07. The van der Waals surface area contributed by atoms with E-state index in [9.17, 15) is 0 Å². The van der Waals surface area contributed by atoms with Gasteiger partial charge in [-0.25, -0.2) is 9.97 Å². The van der Waals surface area contributed by atoms with Crippen molar-refractivity contribution in [3.05, 3.63) is 17.0 Å². The lowest BCUT2D eigenvalue weighted by atomic mass is 10.0. The molecule has 0 radical (unpaired) electrons. The summed E-state index contributed by atoms with van der Waals surface area (Å²) >= 11 is 3.42. The van der Waals surface area contributed by atoms with Crippen molar-refractivity contribution in [3.63, 3.8) is 0 Å². The van der Waals surface area contributed by atoms with Crippen LogP contribution in [0.3, 0.4) is 0 Å². The third kappa shape index (κ3) is 1.53. The summed E-state index contributed by atoms with van der Waals surface area (Å²) in [5.41, 5.74) is 5.61. The highest BCUT2D eigenvalue weighted by Crippen LogP contribution is 2.29. The SMILES string of the molecule is NCC1CCN1c1ncncc1Br. The maximum atomic E-state index is 5.61. The Morgan fingerprint density at radius 3 is 3.08 bits per heavy atom. The zero-order valence-corrected chi connectivity index (χ0v) is 8.74. The lowest BCUT2D eigenvalue weighted by Crippen LogP contribution is -2.52. The largest absolute Gasteiger partial charge is 0.351 e. The standard InChI is InChI=1S/C8H11BrN4/c9-7-4-11-5-12-8(7)13-2-1-6(13)3-10/h4-6H,1-3,10H2. The number of nitrogens with zero attached hydrogens (tertiary/aromatic N) is 3. The lowest BCUT2D eigenvalue weighted by molar-refractivity contribution is 0.451. The van der Waals surface area contributed by atoms with Crippen LogP contribution in [0.25, 0.3) is 0 Å². The van der Waals surface area contributed by atoms with E-state index in [1.54, 1.807) is 12.5 Å². The fraction of sp³-hybridized carbons (Fsp3) is 0.500. The van der Waals surface area contributed by atoms with Crippen LogP contribution in [0.5, 0.6) is 0 Å². The molecule has 1 aliphatic heterocycles. The monoisotopic (exact) mass is 242 g/mol. The van der Waals surface area contributed by atoms with Crippen molar-refractivity contribution in [1.29, 1.82) is 0 Å². The Morgan fingerprint density at radius 2 is 2.54 bits per heavy atom. The first kappa shape index (κ1) is 8.90. The molecule has 1 saturated heterocycles. The van der Waals surface area contributed by atoms with E-state index in [0.717, 1.165) is 23.3 Å². The molecule has 0 amide bonds. The first-order valence-electron chi connectivity index (χ1n) is 4.25. The van der Waals surface area contributed by atoms with Crippen LogP contribution >= 0.6 is 15.9 Å². The van der Waals surface area contributed by atoms with E-state index in [-0.39, 0.29) is 0 Å². The molecule has 4 nitrogen and oxygen atoms in total. The van der Waals surface area contributed by atoms with Crippen molar-refractivity contribution in [2.24, 2.45) is 5.73 Å². The van der Waals surface area contributed by atoms with Crippen LogP contribution in [0.4, 0.5) is 5.82 Å². The molecule has 0 bridgehead atoms. The molecule has 0 aromatic carbocycles. The Kier molecular flexibility index (Phi) is 2.46. The van der Waals surface area contributed by atoms with Gasteiger partial charge in [-0.15, -0.1) is 0 Å². The minimum atomic E-state index is 0.450. The molecule has 1 aromatic heterocycles. The van der Waals surface area contributed by atoms with Crippen molar-refractivity contribution in [1.82, 2.24) is 9.97 Å². The van der Waals surface area contributed by atoms with Crippen LogP contribution in [0, 0.1) is 0 Å². The van der Waals surface area contributed by atoms with Crippen LogP contribution < -0.4 is 10.6 Å². The summed E-state index contributed by atoms with van der Waals surface area (Å²) in [5.74, 6) is 0.955. The van der Waals surface area contributed by atoms with Gasteiger partial charge in [-0.2, -0.15) is 0 Å². The highest BCUT2D eigenvalue weighted by Gasteiger charge is 2.28. The van der Waals surface area contributed by atoms with Gasteiger partial charge >= 0.3 is 0 Å². The fourth-order valence-corrected chi connectivity index (χ4v) is 1.93. The van der Waals surface area contributed by atoms with E-state index in [2.05, 4.69) is 30.8 Å². The number of aromatic nitrogens is 2. The molecule has 1 fully saturated rings. The Labute approximate surface area is 85.3 Å². The van der Waals surface area contributed by atoms with Crippen LogP contribution in [0.15, 0.2) is 17.0 Å². The minimum absolute atomic E-state index is 0.450. The van der Waals surface area contributed by atoms with Gasteiger partial charge in [-0.05, 0) is 22.4 Å². The molecule has 2 rings (SSSR count). The summed E-state index contributed by atoms with van der Waals surface area (Å²) < 4.78 is 0.938. The normalized spacial score (nSPS) is 21.4. The van der Waals surface area contributed by atoms with Gasteiger partial charge in [-0.3, -0.25) is 0 Å². The maximum absolute atomic E-state index is 5.61. The van der Waals surface area contributed by atoms with Gasteiger partial charge < -0.3 is 10.6 Å². The van der Waals surface area contributed by atoms with Gasteiger partial charge in [0, 0.05) is 25.3 Å². The molecule has 1 atom stereocenters. The van der Waals surface area contributed by atoms with Gasteiger partial charge in [0.1, 0.15) is 12.1 Å². The quantitative estimate of drug-likeness (QED) is 0.833. The first-order valence-corrected chi connectivity index (χ1v) is 5.04. The fourth-order valence-electron chi connectivity index (χ4n) is 1.48. The molecular formula is C8H11BrN4. The molecule has 5 heteroatoms. The smallest absolute Gasteiger partial charge is 0.146 e. The number of nitrogens with two attached hydrogens (primary N) is 1. The average molecular weight is 243 g/mol. The van der Waals surface area contributed by atoms with E-state index in [1.807, 2.05) is 0 Å². The number of hydrogen-bond acceptors (Lipinski definition) is 4. The molecule has 13 heavy (non-hydrogen) atoms. The third-order valence-corrected chi connectivity index (χ3v) is 2.90. The van der Waals surface area contributed by atoms with Crippen molar-refractivity contribution in [2.45, 2.75) is 12.5 Å². The first-order chi connectivity index (χ1) is 6.33. The summed E-state index contributed by atoms with van der Waals surface area (Å²) in [6.45, 7) is 1.73.